The van der Waals surface area contributed by atoms with Gasteiger partial charge in [0.1, 0.15) is 5.82 Å². The highest BCUT2D eigenvalue weighted by Crippen LogP contribution is 2.28. The summed E-state index contributed by atoms with van der Waals surface area (Å²) in [5.41, 5.74) is 9.65. The number of carbonyl (C=O) groups excluding carboxylic acids is 2. The lowest BCUT2D eigenvalue weighted by Crippen LogP contribution is -2.41. The van der Waals surface area contributed by atoms with Crippen LogP contribution in [0.1, 0.15) is 76.3 Å². The summed E-state index contributed by atoms with van der Waals surface area (Å²) < 4.78 is 12.8. The highest BCUT2D eigenvalue weighted by molar-refractivity contribution is 5.91. The molecule has 2 saturated heterocycles. The van der Waals surface area contributed by atoms with Crippen LogP contribution in [0.3, 0.4) is 0 Å². The molecular weight excluding hydrogens is 565 g/mol. The van der Waals surface area contributed by atoms with Crippen LogP contribution in [0.2, 0.25) is 0 Å². The predicted octanol–water partition coefficient (Wildman–Crippen LogP) is 7.59. The van der Waals surface area contributed by atoms with E-state index in [9.17, 15) is 14.0 Å². The third-order valence-electron chi connectivity index (χ3n) is 8.02. The second-order valence-electron chi connectivity index (χ2n) is 11.4. The van der Waals surface area contributed by atoms with E-state index in [0.29, 0.717) is 32.0 Å². The van der Waals surface area contributed by atoms with Gasteiger partial charge in [-0.3, -0.25) is 9.69 Å². The number of hydrogen-bond acceptors (Lipinski definition) is 4. The van der Waals surface area contributed by atoms with Crippen molar-refractivity contribution in [3.8, 4) is 0 Å². The number of rotatable bonds is 12. The Hall–Kier alpha value is -3.91. The van der Waals surface area contributed by atoms with Crippen molar-refractivity contribution in [1.29, 1.82) is 0 Å². The molecule has 1 atom stereocenters. The van der Waals surface area contributed by atoms with E-state index in [1.807, 2.05) is 56.5 Å². The fourth-order valence-corrected chi connectivity index (χ4v) is 5.58. The summed E-state index contributed by atoms with van der Waals surface area (Å²) in [7, 11) is 0. The first-order chi connectivity index (χ1) is 21.8. The summed E-state index contributed by atoms with van der Waals surface area (Å²) in [6, 6.07) is 14.5. The molecule has 2 aromatic rings. The van der Waals surface area contributed by atoms with E-state index in [1.54, 1.807) is 4.90 Å². The molecule has 0 radical (unpaired) electrons. The molecule has 4 rings (SSSR count). The zero-order valence-corrected chi connectivity index (χ0v) is 27.6. The molecule has 3 amide bonds. The molecule has 0 saturated carbocycles. The minimum atomic E-state index is -0.349. The standard InChI is InChI=1S/C23H33N3O.C12H15FN2O.C2H6/c1-4-9-21(17-24-12-5-2)19(3)15-23(27)25-22-11-8-10-20(16-22)18-26-13-6-7-14-26;13-11-3-1-9(2-4-11)10-5-7-15(8-6-10)12(14)16;1-2/h4-5,8,10-11,16-17,19,24H,1-2,6-7,9,12-15,18H2,3H3,(H,25,27);1-4,10H,5-8H2,(H2,14,16);1-2H3/b21-17+;;. The fraction of sp³-hybridized carbons (Fsp3) is 0.459. The molecule has 0 aliphatic carbocycles. The quantitative estimate of drug-likeness (QED) is 0.169. The van der Waals surface area contributed by atoms with Gasteiger partial charge in [0.2, 0.25) is 5.91 Å². The maximum atomic E-state index is 12.8. The van der Waals surface area contributed by atoms with E-state index < -0.39 is 0 Å². The van der Waals surface area contributed by atoms with Gasteiger partial charge in [-0.25, -0.2) is 9.18 Å². The Balaban J connectivity index is 0.000000332. The largest absolute Gasteiger partial charge is 0.387 e. The zero-order valence-electron chi connectivity index (χ0n) is 27.6. The Kier molecular flexibility index (Phi) is 17.3. The van der Waals surface area contributed by atoms with Crippen molar-refractivity contribution in [2.75, 3.05) is 38.0 Å². The third-order valence-corrected chi connectivity index (χ3v) is 8.02. The van der Waals surface area contributed by atoms with Gasteiger partial charge in [0.25, 0.3) is 0 Å². The number of nitrogens with two attached hydrogens (primary N) is 1. The van der Waals surface area contributed by atoms with E-state index in [1.165, 1.54) is 49.2 Å². The minimum absolute atomic E-state index is 0.0412. The molecule has 2 aliphatic heterocycles. The lowest BCUT2D eigenvalue weighted by atomic mass is 9.89. The van der Waals surface area contributed by atoms with Crippen LogP contribution in [0.5, 0.6) is 0 Å². The monoisotopic (exact) mass is 619 g/mol. The molecule has 0 aromatic heterocycles. The number of nitrogens with zero attached hydrogens (tertiary/aromatic N) is 2. The Morgan fingerprint density at radius 2 is 1.69 bits per heavy atom. The lowest BCUT2D eigenvalue weighted by molar-refractivity contribution is -0.116. The van der Waals surface area contributed by atoms with Crippen molar-refractivity contribution in [3.05, 3.63) is 103 Å². The SMILES string of the molecule is C=CCN/C=C(\CC=C)C(C)CC(=O)Nc1cccc(CN2CCCC2)c1.CC.NC(=O)N1CCC(c2ccc(F)cc2)CC1. The van der Waals surface area contributed by atoms with Gasteiger partial charge in [-0.2, -0.15) is 0 Å². The molecule has 246 valence electrons. The van der Waals surface area contributed by atoms with Crippen molar-refractivity contribution in [3.63, 3.8) is 0 Å². The van der Waals surface area contributed by atoms with Gasteiger partial charge in [0, 0.05) is 38.3 Å². The van der Waals surface area contributed by atoms with Crippen LogP contribution in [0.4, 0.5) is 14.9 Å². The predicted molar refractivity (Wildman–Crippen MR) is 185 cm³/mol. The summed E-state index contributed by atoms with van der Waals surface area (Å²) in [4.78, 5) is 27.6. The molecule has 0 bridgehead atoms. The summed E-state index contributed by atoms with van der Waals surface area (Å²) >= 11 is 0. The van der Waals surface area contributed by atoms with Crippen LogP contribution in [0, 0.1) is 11.7 Å². The lowest BCUT2D eigenvalue weighted by Gasteiger charge is -2.30. The number of halogens is 1. The van der Waals surface area contributed by atoms with E-state index in [-0.39, 0.29) is 23.7 Å². The number of piperidine rings is 1. The molecule has 1 unspecified atom stereocenters. The van der Waals surface area contributed by atoms with Crippen molar-refractivity contribution in [2.24, 2.45) is 11.7 Å². The van der Waals surface area contributed by atoms with Gasteiger partial charge >= 0.3 is 6.03 Å². The summed E-state index contributed by atoms with van der Waals surface area (Å²) in [5, 5.41) is 6.26. The number of hydrogen-bond donors (Lipinski definition) is 3. The van der Waals surface area contributed by atoms with Crippen molar-refractivity contribution in [2.45, 2.75) is 71.8 Å². The molecule has 4 N–H and O–H groups in total. The first kappa shape index (κ1) is 37.3. The van der Waals surface area contributed by atoms with Crippen molar-refractivity contribution < 1.29 is 14.0 Å². The van der Waals surface area contributed by atoms with Gasteiger partial charge in [-0.15, -0.1) is 13.2 Å². The average molecular weight is 620 g/mol. The van der Waals surface area contributed by atoms with Crippen LogP contribution in [0.15, 0.2) is 85.6 Å². The number of nitrogens with one attached hydrogen (secondary N) is 2. The minimum Gasteiger partial charge on any atom is -0.387 e. The van der Waals surface area contributed by atoms with E-state index >= 15 is 0 Å². The number of urea groups is 1. The van der Waals surface area contributed by atoms with Crippen LogP contribution >= 0.6 is 0 Å². The maximum absolute atomic E-state index is 12.8. The Labute approximate surface area is 270 Å². The first-order valence-corrected chi connectivity index (χ1v) is 16.3. The molecule has 2 heterocycles. The van der Waals surface area contributed by atoms with Gasteiger partial charge in [-0.1, -0.05) is 57.2 Å². The average Bonchev–Trinajstić information content (AvgIpc) is 3.55. The molecule has 2 aromatic carbocycles. The number of allylic oxidation sites excluding steroid dienone is 2. The van der Waals surface area contributed by atoms with Crippen LogP contribution in [-0.4, -0.2) is 54.5 Å². The normalized spacial score (nSPS) is 15.9. The third kappa shape index (κ3) is 13.7. The van der Waals surface area contributed by atoms with Gasteiger partial charge in [0.05, 0.1) is 0 Å². The number of amides is 3. The van der Waals surface area contributed by atoms with Crippen LogP contribution < -0.4 is 16.4 Å². The summed E-state index contributed by atoms with van der Waals surface area (Å²) in [5.74, 6) is 0.391. The highest BCUT2D eigenvalue weighted by atomic mass is 19.1. The number of benzene rings is 2. The topological polar surface area (TPSA) is 90.7 Å². The summed E-state index contributed by atoms with van der Waals surface area (Å²) in [6.07, 6.45) is 11.3. The van der Waals surface area contributed by atoms with Crippen LogP contribution in [0.25, 0.3) is 0 Å². The molecule has 0 spiro atoms. The maximum Gasteiger partial charge on any atom is 0.314 e. The van der Waals surface area contributed by atoms with Gasteiger partial charge in [0.15, 0.2) is 0 Å². The van der Waals surface area contributed by atoms with E-state index in [4.69, 9.17) is 5.73 Å². The number of likely N-dealkylation sites (tertiary alicyclic amines) is 2. The smallest absolute Gasteiger partial charge is 0.314 e. The zero-order chi connectivity index (χ0) is 33.0. The van der Waals surface area contributed by atoms with Crippen molar-refractivity contribution in [1.82, 2.24) is 15.1 Å². The Morgan fingerprint density at radius 1 is 1.02 bits per heavy atom. The van der Waals surface area contributed by atoms with Crippen LogP contribution in [-0.2, 0) is 11.3 Å². The molecule has 7 nitrogen and oxygen atoms in total. The molecule has 2 fully saturated rings. The Bertz CT molecular complexity index is 1220. The first-order valence-electron chi connectivity index (χ1n) is 16.3. The van der Waals surface area contributed by atoms with E-state index in [0.717, 1.165) is 37.1 Å². The molecule has 2 aliphatic rings. The number of carbonyl (C=O) groups is 2. The fourth-order valence-electron chi connectivity index (χ4n) is 5.58. The van der Waals surface area contributed by atoms with Gasteiger partial charge in [-0.05, 0) is 104 Å². The highest BCUT2D eigenvalue weighted by Gasteiger charge is 2.22. The van der Waals surface area contributed by atoms with Crippen molar-refractivity contribution >= 4 is 17.6 Å². The molecule has 8 heteroatoms. The van der Waals surface area contributed by atoms with Gasteiger partial charge < -0.3 is 21.3 Å². The second-order valence-corrected chi connectivity index (χ2v) is 11.4. The summed E-state index contributed by atoms with van der Waals surface area (Å²) in [6.45, 7) is 19.0. The molecular formula is C37H54FN5O2. The number of anilines is 1. The second kappa shape index (κ2) is 20.9. The number of primary amides is 1. The van der Waals surface area contributed by atoms with E-state index in [2.05, 4.69) is 47.7 Å². The molecule has 45 heavy (non-hydrogen) atoms. The Morgan fingerprint density at radius 3 is 2.29 bits per heavy atom.